The average Bonchev–Trinajstić information content (AvgIpc) is 1.88. The quantitative estimate of drug-likeness (QED) is 0.779. The molecule has 0 aliphatic carbocycles. The van der Waals surface area contributed by atoms with Gasteiger partial charge in [0, 0.05) is 17.8 Å². The first-order valence-electron chi connectivity index (χ1n) is 2.63. The molecular weight excluding hydrogens is 206 g/mol. The lowest BCUT2D eigenvalue weighted by molar-refractivity contribution is 0.991. The first-order valence-corrected chi connectivity index (χ1v) is 3.01. The van der Waals surface area contributed by atoms with E-state index >= 15 is 0 Å². The molecule has 1 rings (SSSR count). The van der Waals surface area contributed by atoms with Crippen LogP contribution < -0.4 is 5.73 Å². The van der Waals surface area contributed by atoms with Gasteiger partial charge in [0.1, 0.15) is 0 Å². The SMILES string of the molecule is Cl.Cl.NCc1cc(Cl)ccn1. The highest BCUT2D eigenvalue weighted by Gasteiger charge is 1.89. The summed E-state index contributed by atoms with van der Waals surface area (Å²) in [7, 11) is 0. The second-order valence-electron chi connectivity index (χ2n) is 1.67. The summed E-state index contributed by atoms with van der Waals surface area (Å²) >= 11 is 5.63. The van der Waals surface area contributed by atoms with E-state index in [2.05, 4.69) is 4.98 Å². The maximum absolute atomic E-state index is 5.63. The number of hydrogen-bond donors (Lipinski definition) is 1. The third-order valence-corrected chi connectivity index (χ3v) is 1.22. The molecular formula is C6H9Cl3N2. The van der Waals surface area contributed by atoms with E-state index in [0.29, 0.717) is 11.6 Å². The van der Waals surface area contributed by atoms with Crippen molar-refractivity contribution < 1.29 is 0 Å². The number of halogens is 3. The van der Waals surface area contributed by atoms with Crippen molar-refractivity contribution in [3.63, 3.8) is 0 Å². The Morgan fingerprint density at radius 2 is 2.09 bits per heavy atom. The average molecular weight is 216 g/mol. The van der Waals surface area contributed by atoms with Crippen molar-refractivity contribution in [1.82, 2.24) is 4.98 Å². The van der Waals surface area contributed by atoms with Crippen LogP contribution in [0.5, 0.6) is 0 Å². The summed E-state index contributed by atoms with van der Waals surface area (Å²) < 4.78 is 0. The van der Waals surface area contributed by atoms with Gasteiger partial charge in [0.05, 0.1) is 5.69 Å². The zero-order valence-electron chi connectivity index (χ0n) is 5.66. The zero-order chi connectivity index (χ0) is 6.69. The van der Waals surface area contributed by atoms with Gasteiger partial charge in [0.15, 0.2) is 0 Å². The molecule has 0 atom stereocenters. The second-order valence-corrected chi connectivity index (χ2v) is 2.11. The fraction of sp³-hybridized carbons (Fsp3) is 0.167. The Morgan fingerprint density at radius 1 is 1.45 bits per heavy atom. The minimum atomic E-state index is 0. The topological polar surface area (TPSA) is 38.9 Å². The van der Waals surface area contributed by atoms with Gasteiger partial charge in [-0.25, -0.2) is 0 Å². The predicted octanol–water partition coefficient (Wildman–Crippen LogP) is 2.04. The lowest BCUT2D eigenvalue weighted by Crippen LogP contribution is -1.97. The van der Waals surface area contributed by atoms with Crippen molar-refractivity contribution in [1.29, 1.82) is 0 Å². The van der Waals surface area contributed by atoms with Crippen LogP contribution in [-0.4, -0.2) is 4.98 Å². The third-order valence-electron chi connectivity index (χ3n) is 0.988. The van der Waals surface area contributed by atoms with Crippen LogP contribution in [0.25, 0.3) is 0 Å². The Hall–Kier alpha value is -0.0200. The molecule has 11 heavy (non-hydrogen) atoms. The van der Waals surface area contributed by atoms with Crippen molar-refractivity contribution in [2.45, 2.75) is 6.54 Å². The van der Waals surface area contributed by atoms with Crippen molar-refractivity contribution in [3.8, 4) is 0 Å². The monoisotopic (exact) mass is 214 g/mol. The molecule has 1 aromatic heterocycles. The first kappa shape index (κ1) is 13.6. The van der Waals surface area contributed by atoms with Gasteiger partial charge in [-0.15, -0.1) is 24.8 Å². The number of aromatic nitrogens is 1. The van der Waals surface area contributed by atoms with E-state index in [1.54, 1.807) is 18.3 Å². The largest absolute Gasteiger partial charge is 0.325 e. The summed E-state index contributed by atoms with van der Waals surface area (Å²) in [4.78, 5) is 3.95. The number of rotatable bonds is 1. The summed E-state index contributed by atoms with van der Waals surface area (Å²) in [6.45, 7) is 0.445. The van der Waals surface area contributed by atoms with E-state index in [1.807, 2.05) is 0 Å². The lowest BCUT2D eigenvalue weighted by atomic mass is 10.4. The molecule has 2 nitrogen and oxygen atoms in total. The Balaban J connectivity index is 0. The fourth-order valence-electron chi connectivity index (χ4n) is 0.560. The first-order chi connectivity index (χ1) is 4.33. The van der Waals surface area contributed by atoms with Crippen LogP contribution in [0.1, 0.15) is 5.69 Å². The molecule has 0 aliphatic rings. The van der Waals surface area contributed by atoms with Crippen LogP contribution in [0, 0.1) is 0 Å². The minimum Gasteiger partial charge on any atom is -0.325 e. The standard InChI is InChI=1S/C6H7ClN2.2ClH/c7-5-1-2-9-6(3-5)4-8;;/h1-3H,4,8H2;2*1H. The molecule has 0 aliphatic heterocycles. The molecule has 0 spiro atoms. The van der Waals surface area contributed by atoms with Crippen LogP contribution in [0.15, 0.2) is 18.3 Å². The van der Waals surface area contributed by atoms with E-state index in [9.17, 15) is 0 Å². The Bertz CT molecular complexity index is 205. The smallest absolute Gasteiger partial charge is 0.0554 e. The van der Waals surface area contributed by atoms with E-state index in [1.165, 1.54) is 0 Å². The number of nitrogens with two attached hydrogens (primary N) is 1. The summed E-state index contributed by atoms with van der Waals surface area (Å²) in [6, 6.07) is 3.47. The zero-order valence-corrected chi connectivity index (χ0v) is 8.05. The molecule has 0 saturated carbocycles. The molecule has 0 saturated heterocycles. The van der Waals surface area contributed by atoms with E-state index in [0.717, 1.165) is 5.69 Å². The van der Waals surface area contributed by atoms with Crippen LogP contribution in [0.4, 0.5) is 0 Å². The Morgan fingerprint density at radius 3 is 2.45 bits per heavy atom. The number of nitrogens with zero attached hydrogens (tertiary/aromatic N) is 1. The number of pyridine rings is 1. The second kappa shape index (κ2) is 6.68. The van der Waals surface area contributed by atoms with E-state index in [-0.39, 0.29) is 24.8 Å². The van der Waals surface area contributed by atoms with Crippen molar-refractivity contribution in [2.24, 2.45) is 5.73 Å². The van der Waals surface area contributed by atoms with Crippen LogP contribution >= 0.6 is 36.4 Å². The van der Waals surface area contributed by atoms with Gasteiger partial charge in [0.2, 0.25) is 0 Å². The summed E-state index contributed by atoms with van der Waals surface area (Å²) in [5.41, 5.74) is 6.12. The molecule has 1 aromatic rings. The maximum Gasteiger partial charge on any atom is 0.0554 e. The molecule has 1 heterocycles. The molecule has 0 aromatic carbocycles. The molecule has 0 fully saturated rings. The summed E-state index contributed by atoms with van der Waals surface area (Å²) in [6.07, 6.45) is 1.64. The molecule has 0 radical (unpaired) electrons. The van der Waals surface area contributed by atoms with Gasteiger partial charge in [0.25, 0.3) is 0 Å². The predicted molar refractivity (Wildman–Crippen MR) is 51.6 cm³/mol. The maximum atomic E-state index is 5.63. The van der Waals surface area contributed by atoms with Crippen molar-refractivity contribution in [2.75, 3.05) is 0 Å². The Kier molecular flexibility index (Phi) is 8.23. The highest BCUT2D eigenvalue weighted by molar-refractivity contribution is 6.30. The molecule has 0 bridgehead atoms. The summed E-state index contributed by atoms with van der Waals surface area (Å²) in [5.74, 6) is 0. The number of hydrogen-bond acceptors (Lipinski definition) is 2. The van der Waals surface area contributed by atoms with Crippen molar-refractivity contribution in [3.05, 3.63) is 29.0 Å². The van der Waals surface area contributed by atoms with Gasteiger partial charge < -0.3 is 5.73 Å². The van der Waals surface area contributed by atoms with Crippen molar-refractivity contribution >= 4 is 36.4 Å². The van der Waals surface area contributed by atoms with Crippen LogP contribution in [0.2, 0.25) is 5.02 Å². The summed E-state index contributed by atoms with van der Waals surface area (Å²) in [5, 5.41) is 0.686. The molecule has 2 N–H and O–H groups in total. The van der Waals surface area contributed by atoms with Crippen LogP contribution in [0.3, 0.4) is 0 Å². The third kappa shape index (κ3) is 4.43. The minimum absolute atomic E-state index is 0. The fourth-order valence-corrected chi connectivity index (χ4v) is 0.743. The Labute approximate surface area is 83.0 Å². The molecule has 0 unspecified atom stereocenters. The highest BCUT2D eigenvalue weighted by atomic mass is 35.5. The van der Waals surface area contributed by atoms with E-state index in [4.69, 9.17) is 17.3 Å². The normalized spacial score (nSPS) is 7.82. The van der Waals surface area contributed by atoms with Gasteiger partial charge in [-0.05, 0) is 12.1 Å². The van der Waals surface area contributed by atoms with E-state index < -0.39 is 0 Å². The molecule has 5 heteroatoms. The van der Waals surface area contributed by atoms with Gasteiger partial charge in [-0.3, -0.25) is 4.98 Å². The van der Waals surface area contributed by atoms with Gasteiger partial charge in [-0.1, -0.05) is 11.6 Å². The van der Waals surface area contributed by atoms with Gasteiger partial charge >= 0.3 is 0 Å². The van der Waals surface area contributed by atoms with Crippen LogP contribution in [-0.2, 0) is 6.54 Å². The van der Waals surface area contributed by atoms with Gasteiger partial charge in [-0.2, -0.15) is 0 Å². The lowest BCUT2D eigenvalue weighted by Gasteiger charge is -1.92. The molecule has 64 valence electrons. The molecule has 0 amide bonds. The highest BCUT2D eigenvalue weighted by Crippen LogP contribution is 2.06.